The van der Waals surface area contributed by atoms with Crippen LogP contribution in [0.25, 0.3) is 0 Å². The van der Waals surface area contributed by atoms with Crippen molar-refractivity contribution in [2.24, 2.45) is 0 Å². The summed E-state index contributed by atoms with van der Waals surface area (Å²) in [5, 5.41) is 2.82. The van der Waals surface area contributed by atoms with Crippen LogP contribution < -0.4 is 5.32 Å². The Hall–Kier alpha value is -0.910. The fourth-order valence-corrected chi connectivity index (χ4v) is 4.17. The quantitative estimate of drug-likeness (QED) is 0.906. The van der Waals surface area contributed by atoms with Crippen molar-refractivity contribution < 1.29 is 8.42 Å². The second-order valence-corrected chi connectivity index (χ2v) is 8.48. The maximum Gasteiger partial charge on any atom is 0.218 e. The van der Waals surface area contributed by atoms with Gasteiger partial charge in [-0.05, 0) is 30.9 Å². The zero-order valence-corrected chi connectivity index (χ0v) is 14.0. The van der Waals surface area contributed by atoms with Crippen LogP contribution in [0.2, 0.25) is 0 Å². The topological polar surface area (TPSA) is 49.4 Å². The summed E-state index contributed by atoms with van der Waals surface area (Å²) in [6, 6.07) is 8.46. The van der Waals surface area contributed by atoms with E-state index < -0.39 is 15.3 Å². The van der Waals surface area contributed by atoms with E-state index in [-0.39, 0.29) is 0 Å². The molecule has 1 aromatic carbocycles. The zero-order chi connectivity index (χ0) is 15.5. The lowest BCUT2D eigenvalue weighted by Crippen LogP contribution is -2.43. The van der Waals surface area contributed by atoms with Crippen LogP contribution in [-0.4, -0.2) is 37.1 Å². The summed E-state index contributed by atoms with van der Waals surface area (Å²) in [5.74, 6) is 0. The summed E-state index contributed by atoms with van der Waals surface area (Å²) in [4.78, 5) is 0. The first kappa shape index (κ1) is 16.5. The molecular weight excluding hydrogens is 284 g/mol. The molecule has 0 bridgehead atoms. The fourth-order valence-electron chi connectivity index (χ4n) is 2.65. The van der Waals surface area contributed by atoms with Crippen molar-refractivity contribution >= 4 is 10.0 Å². The van der Waals surface area contributed by atoms with Gasteiger partial charge in [0.15, 0.2) is 0 Å². The van der Waals surface area contributed by atoms with Crippen LogP contribution in [0.3, 0.4) is 0 Å². The normalized spacial score (nSPS) is 18.3. The minimum Gasteiger partial charge on any atom is -0.313 e. The molecule has 0 saturated carbocycles. The third-order valence-corrected chi connectivity index (χ3v) is 6.22. The van der Waals surface area contributed by atoms with E-state index in [2.05, 4.69) is 11.4 Å². The van der Waals surface area contributed by atoms with Crippen molar-refractivity contribution in [3.63, 3.8) is 0 Å². The third-order valence-electron chi connectivity index (χ3n) is 4.00. The van der Waals surface area contributed by atoms with Crippen LogP contribution in [0.5, 0.6) is 0 Å². The van der Waals surface area contributed by atoms with Crippen LogP contribution in [0.15, 0.2) is 24.3 Å². The van der Waals surface area contributed by atoms with E-state index in [0.717, 1.165) is 18.4 Å². The summed E-state index contributed by atoms with van der Waals surface area (Å²) < 4.78 is 27.2. The molecule has 2 rings (SSSR count). The largest absolute Gasteiger partial charge is 0.313 e. The van der Waals surface area contributed by atoms with Crippen LogP contribution in [0.4, 0.5) is 0 Å². The van der Waals surface area contributed by atoms with Crippen LogP contribution in [0.1, 0.15) is 38.3 Å². The highest BCUT2D eigenvalue weighted by Gasteiger charge is 2.30. The number of hydrogen-bond acceptors (Lipinski definition) is 3. The van der Waals surface area contributed by atoms with Crippen molar-refractivity contribution in [2.75, 3.05) is 13.1 Å². The number of benzene rings is 1. The molecule has 21 heavy (non-hydrogen) atoms. The van der Waals surface area contributed by atoms with Crippen LogP contribution in [0, 0.1) is 0 Å². The second-order valence-electron chi connectivity index (χ2n) is 6.12. The summed E-state index contributed by atoms with van der Waals surface area (Å²) in [6.07, 6.45) is 1.85. The molecule has 0 aromatic heterocycles. The van der Waals surface area contributed by atoms with Crippen molar-refractivity contribution in [3.05, 3.63) is 35.4 Å². The molecule has 1 heterocycles. The molecule has 0 amide bonds. The molecule has 0 saturated heterocycles. The molecule has 0 fully saturated rings. The lowest BCUT2D eigenvalue weighted by Gasteiger charge is -2.25. The van der Waals surface area contributed by atoms with Crippen LogP contribution >= 0.6 is 0 Å². The van der Waals surface area contributed by atoms with Gasteiger partial charge in [0.1, 0.15) is 0 Å². The van der Waals surface area contributed by atoms with Crippen LogP contribution in [-0.2, 0) is 23.0 Å². The van der Waals surface area contributed by atoms with Gasteiger partial charge in [-0.3, -0.25) is 0 Å². The van der Waals surface area contributed by atoms with E-state index in [4.69, 9.17) is 0 Å². The Morgan fingerprint density at radius 3 is 2.52 bits per heavy atom. The van der Waals surface area contributed by atoms with E-state index in [1.807, 2.05) is 32.0 Å². The fraction of sp³-hybridized carbons (Fsp3) is 0.625. The van der Waals surface area contributed by atoms with Gasteiger partial charge in [-0.2, -0.15) is 4.31 Å². The number of sulfonamides is 1. The lowest BCUT2D eigenvalue weighted by atomic mass is 10.0. The Morgan fingerprint density at radius 2 is 1.86 bits per heavy atom. The Balaban J connectivity index is 2.13. The Labute approximate surface area is 128 Å². The average Bonchev–Trinajstić information content (AvgIpc) is 2.67. The van der Waals surface area contributed by atoms with Gasteiger partial charge < -0.3 is 5.32 Å². The number of nitrogens with zero attached hydrogens (tertiary/aromatic N) is 1. The highest BCUT2D eigenvalue weighted by atomic mass is 32.2. The molecule has 1 aromatic rings. The summed E-state index contributed by atoms with van der Waals surface area (Å²) in [6.45, 7) is 7.47. The van der Waals surface area contributed by atoms with E-state index >= 15 is 0 Å². The molecule has 4 nitrogen and oxygen atoms in total. The first-order valence-corrected chi connectivity index (χ1v) is 9.20. The summed E-state index contributed by atoms with van der Waals surface area (Å²) in [7, 11) is -3.25. The first-order valence-electron chi connectivity index (χ1n) is 7.70. The number of aryl methyl sites for hydroxylation is 1. The smallest absolute Gasteiger partial charge is 0.218 e. The monoisotopic (exact) mass is 310 g/mol. The standard InChI is InChI=1S/C16H26N2O2S/c1-13(2)17-11-14(3)21(19,20)18-10-6-9-15-7-4-5-8-16(15)12-18/h4-5,7-8,13-14,17H,6,9-12H2,1-3H3. The molecule has 1 aliphatic heterocycles. The maximum atomic E-state index is 12.7. The molecule has 1 aliphatic rings. The van der Waals surface area contributed by atoms with E-state index in [1.165, 1.54) is 5.56 Å². The van der Waals surface area contributed by atoms with Crippen molar-refractivity contribution in [1.82, 2.24) is 9.62 Å². The molecule has 0 radical (unpaired) electrons. The zero-order valence-electron chi connectivity index (χ0n) is 13.2. The van der Waals surface area contributed by atoms with Crippen molar-refractivity contribution in [3.8, 4) is 0 Å². The first-order chi connectivity index (χ1) is 9.91. The van der Waals surface area contributed by atoms with Gasteiger partial charge in [0.2, 0.25) is 10.0 Å². The minimum absolute atomic E-state index is 0.299. The van der Waals surface area contributed by atoms with Crippen molar-refractivity contribution in [2.45, 2.75) is 51.4 Å². The number of hydrogen-bond donors (Lipinski definition) is 1. The number of fused-ring (bicyclic) bond motifs is 1. The van der Waals surface area contributed by atoms with E-state index in [0.29, 0.717) is 25.7 Å². The Kier molecular flexibility index (Phi) is 5.41. The minimum atomic E-state index is -3.25. The Bertz CT molecular complexity index is 569. The molecule has 0 spiro atoms. The van der Waals surface area contributed by atoms with Gasteiger partial charge in [0.05, 0.1) is 5.25 Å². The second kappa shape index (κ2) is 6.90. The molecular formula is C16H26N2O2S. The molecule has 5 heteroatoms. The summed E-state index contributed by atoms with van der Waals surface area (Å²) >= 11 is 0. The maximum absolute atomic E-state index is 12.7. The lowest BCUT2D eigenvalue weighted by molar-refractivity contribution is 0.400. The average molecular weight is 310 g/mol. The Morgan fingerprint density at radius 1 is 1.19 bits per heavy atom. The highest BCUT2D eigenvalue weighted by molar-refractivity contribution is 7.89. The number of nitrogens with one attached hydrogen (secondary N) is 1. The SMILES string of the molecule is CC(C)NCC(C)S(=O)(=O)N1CCCc2ccccc2C1. The van der Waals surface area contributed by atoms with Gasteiger partial charge in [-0.15, -0.1) is 0 Å². The highest BCUT2D eigenvalue weighted by Crippen LogP contribution is 2.22. The van der Waals surface area contributed by atoms with Gasteiger partial charge in [-0.1, -0.05) is 38.1 Å². The third kappa shape index (κ3) is 4.05. The van der Waals surface area contributed by atoms with Gasteiger partial charge in [0.25, 0.3) is 0 Å². The van der Waals surface area contributed by atoms with E-state index in [1.54, 1.807) is 11.2 Å². The van der Waals surface area contributed by atoms with E-state index in [9.17, 15) is 8.42 Å². The predicted octanol–water partition coefficient (Wildman–Crippen LogP) is 2.15. The molecule has 1 atom stereocenters. The van der Waals surface area contributed by atoms with Crippen molar-refractivity contribution in [1.29, 1.82) is 0 Å². The summed E-state index contributed by atoms with van der Waals surface area (Å²) in [5.41, 5.74) is 2.42. The van der Waals surface area contributed by atoms with Gasteiger partial charge in [-0.25, -0.2) is 8.42 Å². The van der Waals surface area contributed by atoms with Gasteiger partial charge in [0, 0.05) is 25.7 Å². The molecule has 1 N–H and O–H groups in total. The predicted molar refractivity (Wildman–Crippen MR) is 86.7 cm³/mol. The molecule has 1 unspecified atom stereocenters. The number of rotatable bonds is 5. The molecule has 0 aliphatic carbocycles. The molecule has 118 valence electrons. The van der Waals surface area contributed by atoms with Gasteiger partial charge >= 0.3 is 0 Å².